The Morgan fingerprint density at radius 1 is 1.29 bits per heavy atom. The molecule has 2 aromatic carbocycles. The average Bonchev–Trinajstić information content (AvgIpc) is 3.04. The first kappa shape index (κ1) is 20.0. The summed E-state index contributed by atoms with van der Waals surface area (Å²) in [6.45, 7) is 1.37. The number of hydrogen-bond acceptors (Lipinski definition) is 4. The number of thiocarbonyl (C=S) groups is 1. The minimum atomic E-state index is -4.58. The molecule has 1 aromatic heterocycles. The van der Waals surface area contributed by atoms with E-state index in [2.05, 4.69) is 16.3 Å². The summed E-state index contributed by atoms with van der Waals surface area (Å²) in [5.41, 5.74) is 4.55. The molecule has 0 spiro atoms. The molecule has 0 aliphatic rings. The molecular weight excluding hydrogens is 411 g/mol. The van der Waals surface area contributed by atoms with Crippen LogP contribution in [-0.2, 0) is 18.1 Å². The second kappa shape index (κ2) is 7.04. The predicted octanol–water partition coefficient (Wildman–Crippen LogP) is 4.22. The lowest BCUT2D eigenvalue weighted by Gasteiger charge is -2.25. The molecule has 2 N–H and O–H groups in total. The molecule has 0 aliphatic carbocycles. The molecule has 144 valence electrons. The summed E-state index contributed by atoms with van der Waals surface area (Å²) in [5, 5.41) is 18.7. The maximum Gasteiger partial charge on any atom is 0.416 e. The van der Waals surface area contributed by atoms with Crippen LogP contribution < -0.4 is 5.73 Å². The monoisotopic (exact) mass is 423 g/mol. The number of hydrogen-bond donors (Lipinski definition) is 1. The van der Waals surface area contributed by atoms with E-state index < -0.39 is 17.2 Å². The lowest BCUT2D eigenvalue weighted by Crippen LogP contribution is -2.31. The molecule has 28 heavy (non-hydrogen) atoms. The van der Waals surface area contributed by atoms with Crippen molar-refractivity contribution in [2.24, 2.45) is 5.73 Å². The van der Waals surface area contributed by atoms with Crippen LogP contribution in [0.5, 0.6) is 0 Å². The van der Waals surface area contributed by atoms with Crippen LogP contribution in [0.25, 0.3) is 11.0 Å². The van der Waals surface area contributed by atoms with Crippen molar-refractivity contribution in [3.63, 3.8) is 0 Å². The zero-order valence-electron chi connectivity index (χ0n) is 14.5. The molecule has 5 nitrogen and oxygen atoms in total. The zero-order valence-corrected chi connectivity index (χ0v) is 16.0. The Morgan fingerprint density at radius 2 is 2.00 bits per heavy atom. The highest BCUT2D eigenvalue weighted by Crippen LogP contribution is 2.35. The Bertz CT molecular complexity index is 1120. The van der Waals surface area contributed by atoms with Crippen molar-refractivity contribution in [2.75, 3.05) is 0 Å². The van der Waals surface area contributed by atoms with Gasteiger partial charge in [-0.2, -0.15) is 33.4 Å². The van der Waals surface area contributed by atoms with E-state index in [1.54, 1.807) is 18.2 Å². The highest BCUT2D eigenvalue weighted by molar-refractivity contribution is 7.80. The highest BCUT2D eigenvalue weighted by Gasteiger charge is 2.36. The normalized spacial score (nSPS) is 13.9. The minimum absolute atomic E-state index is 0.0600. The molecule has 0 bridgehead atoms. The second-order valence-corrected chi connectivity index (χ2v) is 7.25. The molecule has 3 rings (SSSR count). The van der Waals surface area contributed by atoms with Gasteiger partial charge in [-0.05, 0) is 36.8 Å². The number of nitrogens with zero attached hydrogens (tertiary/aromatic N) is 4. The van der Waals surface area contributed by atoms with Crippen LogP contribution >= 0.6 is 23.8 Å². The summed E-state index contributed by atoms with van der Waals surface area (Å²) < 4.78 is 39.6. The highest BCUT2D eigenvalue weighted by atomic mass is 35.5. The molecule has 10 heteroatoms. The van der Waals surface area contributed by atoms with Gasteiger partial charge in [0.1, 0.15) is 21.4 Å². The Labute approximate surface area is 168 Å². The summed E-state index contributed by atoms with van der Waals surface area (Å²) >= 11 is 11.1. The van der Waals surface area contributed by atoms with Crippen LogP contribution in [-0.4, -0.2) is 20.0 Å². The van der Waals surface area contributed by atoms with Crippen LogP contribution in [0.1, 0.15) is 23.6 Å². The summed E-state index contributed by atoms with van der Waals surface area (Å²) in [7, 11) is 0. The molecule has 0 saturated heterocycles. The summed E-state index contributed by atoms with van der Waals surface area (Å²) in [6.07, 6.45) is -4.58. The molecule has 3 aromatic rings. The third-order valence-corrected chi connectivity index (χ3v) is 4.84. The van der Waals surface area contributed by atoms with Gasteiger partial charge in [0.25, 0.3) is 0 Å². The van der Waals surface area contributed by atoms with Crippen molar-refractivity contribution in [2.45, 2.75) is 25.1 Å². The van der Waals surface area contributed by atoms with Gasteiger partial charge in [-0.15, -0.1) is 0 Å². The van der Waals surface area contributed by atoms with Gasteiger partial charge in [0.15, 0.2) is 0 Å². The van der Waals surface area contributed by atoms with Crippen LogP contribution in [0.2, 0.25) is 5.02 Å². The largest absolute Gasteiger partial charge is 0.416 e. The summed E-state index contributed by atoms with van der Waals surface area (Å²) in [6, 6.07) is 10.1. The van der Waals surface area contributed by atoms with E-state index in [1.165, 1.54) is 17.8 Å². The summed E-state index contributed by atoms with van der Waals surface area (Å²) in [5.74, 6) is 0. The number of rotatable bonds is 4. The van der Waals surface area contributed by atoms with Crippen LogP contribution in [0.15, 0.2) is 36.4 Å². The number of nitrogens with two attached hydrogens (primary N) is 1. The molecule has 1 atom stereocenters. The van der Waals surface area contributed by atoms with E-state index in [9.17, 15) is 18.4 Å². The molecule has 0 radical (unpaired) electrons. The maximum atomic E-state index is 13.2. The van der Waals surface area contributed by atoms with Gasteiger partial charge in [-0.25, -0.2) is 0 Å². The molecule has 1 heterocycles. The fourth-order valence-corrected chi connectivity index (χ4v) is 3.26. The second-order valence-electron chi connectivity index (χ2n) is 6.40. The van der Waals surface area contributed by atoms with E-state index in [1.807, 2.05) is 0 Å². The zero-order chi connectivity index (χ0) is 20.7. The number of aromatic nitrogens is 3. The van der Waals surface area contributed by atoms with Crippen LogP contribution in [0, 0.1) is 11.3 Å². The predicted molar refractivity (Wildman–Crippen MR) is 103 cm³/mol. The quantitative estimate of drug-likeness (QED) is 0.635. The molecule has 0 fully saturated rings. The molecular formula is C18H13ClF3N5S. The van der Waals surface area contributed by atoms with E-state index in [0.717, 1.165) is 12.1 Å². The number of benzene rings is 2. The lowest BCUT2D eigenvalue weighted by atomic mass is 9.80. The topological polar surface area (TPSA) is 80.5 Å². The fourth-order valence-electron chi connectivity index (χ4n) is 2.87. The van der Waals surface area contributed by atoms with Crippen LogP contribution in [0.4, 0.5) is 13.2 Å². The van der Waals surface area contributed by atoms with Gasteiger partial charge in [0.05, 0.1) is 23.2 Å². The van der Waals surface area contributed by atoms with E-state index >= 15 is 0 Å². The van der Waals surface area contributed by atoms with Gasteiger partial charge in [-0.1, -0.05) is 36.0 Å². The fraction of sp³-hybridized carbons (Fsp3) is 0.222. The van der Waals surface area contributed by atoms with Crippen molar-refractivity contribution in [1.29, 1.82) is 5.26 Å². The standard InChI is InChI=1S/C18H13ClF3N5S/c1-17(8-23,9-27-25-14-4-2-3-13(19)15(14)26-27)12-7-10(18(20,21)22)5-6-11(12)16(24)28/h2-7H,9H2,1H3,(H2,24,28). The molecule has 1 unspecified atom stereocenters. The first-order chi connectivity index (χ1) is 13.0. The van der Waals surface area contributed by atoms with Crippen LogP contribution in [0.3, 0.4) is 0 Å². The number of nitriles is 1. The van der Waals surface area contributed by atoms with E-state index in [0.29, 0.717) is 16.1 Å². The third-order valence-electron chi connectivity index (χ3n) is 4.32. The van der Waals surface area contributed by atoms with Crippen molar-refractivity contribution in [3.05, 3.63) is 58.1 Å². The Kier molecular flexibility index (Phi) is 5.04. The van der Waals surface area contributed by atoms with E-state index in [-0.39, 0.29) is 22.7 Å². The lowest BCUT2D eigenvalue weighted by molar-refractivity contribution is -0.137. The van der Waals surface area contributed by atoms with Crippen molar-refractivity contribution < 1.29 is 13.2 Å². The first-order valence-corrected chi connectivity index (χ1v) is 8.76. The third kappa shape index (κ3) is 3.66. The number of alkyl halides is 3. The van der Waals surface area contributed by atoms with Crippen molar-refractivity contribution in [3.8, 4) is 6.07 Å². The SMILES string of the molecule is CC(C#N)(Cn1nc2cccc(Cl)c2n1)c1cc(C(F)(F)F)ccc1C(N)=S. The average molecular weight is 424 g/mol. The van der Waals surface area contributed by atoms with Gasteiger partial charge < -0.3 is 5.73 Å². The van der Waals surface area contributed by atoms with E-state index in [4.69, 9.17) is 29.6 Å². The molecule has 0 aliphatic heterocycles. The Hall–Kier alpha value is -2.70. The Balaban J connectivity index is 2.13. The maximum absolute atomic E-state index is 13.2. The first-order valence-electron chi connectivity index (χ1n) is 7.97. The minimum Gasteiger partial charge on any atom is -0.389 e. The molecule has 0 amide bonds. The van der Waals surface area contributed by atoms with Crippen molar-refractivity contribution >= 4 is 39.8 Å². The molecule has 0 saturated carbocycles. The van der Waals surface area contributed by atoms with Gasteiger partial charge in [0, 0.05) is 5.56 Å². The van der Waals surface area contributed by atoms with Gasteiger partial charge in [0.2, 0.25) is 0 Å². The van der Waals surface area contributed by atoms with Crippen molar-refractivity contribution in [1.82, 2.24) is 15.0 Å². The number of fused-ring (bicyclic) bond motifs is 1. The Morgan fingerprint density at radius 3 is 2.57 bits per heavy atom. The van der Waals surface area contributed by atoms with Gasteiger partial charge in [-0.3, -0.25) is 0 Å². The smallest absolute Gasteiger partial charge is 0.389 e. The number of halogens is 4. The van der Waals surface area contributed by atoms with Gasteiger partial charge >= 0.3 is 6.18 Å². The summed E-state index contributed by atoms with van der Waals surface area (Å²) in [4.78, 5) is 1.13.